The molecule has 71 heavy (non-hydrogen) atoms. The molecule has 1 aliphatic heterocycles. The van der Waals surface area contributed by atoms with E-state index in [-0.39, 0.29) is 30.8 Å². The van der Waals surface area contributed by atoms with Crippen molar-refractivity contribution >= 4 is 53.3 Å². The Morgan fingerprint density at radius 1 is 0.746 bits per heavy atom. The summed E-state index contributed by atoms with van der Waals surface area (Å²) in [5, 5.41) is 35.8. The highest BCUT2D eigenvalue weighted by molar-refractivity contribution is 6.00. The Hall–Kier alpha value is -7.15. The zero-order valence-corrected chi connectivity index (χ0v) is 42.0. The molecule has 2 aromatic rings. The summed E-state index contributed by atoms with van der Waals surface area (Å²) >= 11 is 0. The molecule has 7 amide bonds. The lowest BCUT2D eigenvalue weighted by molar-refractivity contribution is -0.146. The van der Waals surface area contributed by atoms with E-state index in [0.29, 0.717) is 12.0 Å². The molecule has 0 unspecified atom stereocenters. The minimum Gasteiger partial charge on any atom is -0.480 e. The molecule has 1 heterocycles. The topological polar surface area (TPSA) is 279 Å². The molecule has 1 saturated heterocycles. The number of carboxylic acid groups (broad SMARTS) is 2. The van der Waals surface area contributed by atoms with Crippen LogP contribution in [0, 0.1) is 23.7 Å². The summed E-state index contributed by atoms with van der Waals surface area (Å²) < 4.78 is 5.82. The lowest BCUT2D eigenvalue weighted by Crippen LogP contribution is -2.59. The number of hydrogen-bond donors (Lipinski definition) is 8. The van der Waals surface area contributed by atoms with E-state index < -0.39 is 120 Å². The average molecular weight is 986 g/mol. The number of carboxylic acids is 2. The second-order valence-electron chi connectivity index (χ2n) is 18.5. The maximum Gasteiger partial charge on any atom is 0.327 e. The summed E-state index contributed by atoms with van der Waals surface area (Å²) in [5.41, 5.74) is 1.98. The normalized spacial score (nSPS) is 25.4. The first-order valence-electron chi connectivity index (χ1n) is 23.6. The van der Waals surface area contributed by atoms with Crippen LogP contribution in [-0.4, -0.2) is 125 Å². The van der Waals surface area contributed by atoms with Gasteiger partial charge in [0.15, 0.2) is 0 Å². The number of carbonyl (C=O) groups excluding carboxylic acids is 7. The van der Waals surface area contributed by atoms with Gasteiger partial charge in [0.2, 0.25) is 35.4 Å². The maximum absolute atomic E-state index is 14.3. The van der Waals surface area contributed by atoms with E-state index in [2.05, 4.69) is 38.5 Å². The Morgan fingerprint density at radius 2 is 1.31 bits per heavy atom. The van der Waals surface area contributed by atoms with Gasteiger partial charge in [-0.1, -0.05) is 126 Å². The zero-order chi connectivity index (χ0) is 53.1. The fourth-order valence-electron chi connectivity index (χ4n) is 7.74. The van der Waals surface area contributed by atoms with Crippen molar-refractivity contribution in [1.82, 2.24) is 36.8 Å². The molecule has 10 atom stereocenters. The Bertz CT molecular complexity index is 2290. The third kappa shape index (κ3) is 18.3. The fraction of sp³-hybridized carbons (Fsp3) is 0.481. The van der Waals surface area contributed by atoms with Crippen LogP contribution in [0.4, 0.5) is 0 Å². The standard InChI is InChI=1S/C52H71N7O12/c1-29(2)25-40-49(65)54-38(22-21-30(3)26-31(4)42(71-10)28-37-19-15-12-16-20-37)32(5)45(61)55-39(51(67)68)23-24-43(60)59(9)35(8)48(64)53-34(7)47(63)57-41(27-36-17-13-11-14-18-36)50(66)58-44(52(69)70)33(6)46(62)56-40/h11-22,26,29,31-34,38-42,44H,8,23-25,27-28H2,1-7,9-10H3,(H,53,64)(H,54,65)(H,55,61)(H,56,62)(H,57,63)(H,58,66)(H,67,68)(H,69,70)/b22-21+,30-26+/t31-,32-,33-,34+,38-,39+,40-,41-,42-,44+/m0/s1. The molecule has 3 rings (SSSR count). The van der Waals surface area contributed by atoms with E-state index in [0.717, 1.165) is 16.0 Å². The average Bonchev–Trinajstić information content (AvgIpc) is 3.32. The number of allylic oxidation sites excluding steroid dienone is 2. The number of amides is 7. The summed E-state index contributed by atoms with van der Waals surface area (Å²) in [6.07, 6.45) is 4.69. The Balaban J connectivity index is 2.10. The molecule has 0 radical (unpaired) electrons. The van der Waals surface area contributed by atoms with Crippen molar-refractivity contribution in [3.8, 4) is 0 Å². The molecule has 19 nitrogen and oxygen atoms in total. The second-order valence-corrected chi connectivity index (χ2v) is 18.5. The van der Waals surface area contributed by atoms with Gasteiger partial charge in [0.05, 0.1) is 24.0 Å². The van der Waals surface area contributed by atoms with E-state index in [9.17, 15) is 53.4 Å². The van der Waals surface area contributed by atoms with Crippen LogP contribution in [0.1, 0.15) is 78.9 Å². The first-order valence-corrected chi connectivity index (χ1v) is 23.6. The van der Waals surface area contributed by atoms with Gasteiger partial charge in [-0.25, -0.2) is 9.59 Å². The van der Waals surface area contributed by atoms with Crippen LogP contribution in [0.25, 0.3) is 0 Å². The van der Waals surface area contributed by atoms with Gasteiger partial charge in [-0.3, -0.25) is 33.6 Å². The number of nitrogens with zero attached hydrogens (tertiary/aromatic N) is 1. The van der Waals surface area contributed by atoms with Crippen molar-refractivity contribution in [1.29, 1.82) is 0 Å². The predicted octanol–water partition coefficient (Wildman–Crippen LogP) is 2.81. The highest BCUT2D eigenvalue weighted by atomic mass is 16.5. The van der Waals surface area contributed by atoms with E-state index in [1.165, 1.54) is 27.8 Å². The van der Waals surface area contributed by atoms with Crippen molar-refractivity contribution < 1.29 is 58.1 Å². The molecular weight excluding hydrogens is 915 g/mol. The van der Waals surface area contributed by atoms with Crippen molar-refractivity contribution in [2.24, 2.45) is 23.7 Å². The predicted molar refractivity (Wildman–Crippen MR) is 265 cm³/mol. The molecule has 0 spiro atoms. The van der Waals surface area contributed by atoms with Crippen molar-refractivity contribution in [3.63, 3.8) is 0 Å². The quantitative estimate of drug-likeness (QED) is 0.106. The van der Waals surface area contributed by atoms with Crippen LogP contribution < -0.4 is 31.9 Å². The van der Waals surface area contributed by atoms with Gasteiger partial charge >= 0.3 is 11.9 Å². The van der Waals surface area contributed by atoms with E-state index in [1.54, 1.807) is 63.4 Å². The van der Waals surface area contributed by atoms with Gasteiger partial charge in [0.25, 0.3) is 5.91 Å². The van der Waals surface area contributed by atoms with Crippen LogP contribution >= 0.6 is 0 Å². The number of benzene rings is 2. The minimum atomic E-state index is -1.87. The number of nitrogens with one attached hydrogen (secondary N) is 6. The molecule has 1 fully saturated rings. The van der Waals surface area contributed by atoms with Gasteiger partial charge in [-0.2, -0.15) is 0 Å². The van der Waals surface area contributed by atoms with E-state index in [4.69, 9.17) is 4.74 Å². The molecule has 0 aliphatic carbocycles. The summed E-state index contributed by atoms with van der Waals surface area (Å²) in [6.45, 7) is 15.1. The number of rotatable bonds is 13. The van der Waals surface area contributed by atoms with E-state index in [1.807, 2.05) is 50.3 Å². The molecular formula is C52H71N7O12. The Kier molecular flexibility index (Phi) is 22.8. The van der Waals surface area contributed by atoms with Crippen molar-refractivity contribution in [2.45, 2.75) is 123 Å². The monoisotopic (exact) mass is 986 g/mol. The second kappa shape index (κ2) is 27.9. The van der Waals surface area contributed by atoms with Crippen LogP contribution in [0.15, 0.2) is 96.7 Å². The molecule has 2 aromatic carbocycles. The summed E-state index contributed by atoms with van der Waals surface area (Å²) in [5.74, 6) is -12.0. The third-order valence-electron chi connectivity index (χ3n) is 12.3. The maximum atomic E-state index is 14.3. The Morgan fingerprint density at radius 3 is 1.87 bits per heavy atom. The molecule has 0 aromatic heterocycles. The number of ether oxygens (including phenoxy) is 1. The molecule has 19 heteroatoms. The van der Waals surface area contributed by atoms with Gasteiger partial charge < -0.3 is 51.8 Å². The largest absolute Gasteiger partial charge is 0.480 e. The van der Waals surface area contributed by atoms with Crippen LogP contribution in [-0.2, 0) is 60.7 Å². The highest BCUT2D eigenvalue weighted by Gasteiger charge is 2.37. The number of aliphatic carboxylic acids is 2. The van der Waals surface area contributed by atoms with E-state index >= 15 is 0 Å². The zero-order valence-electron chi connectivity index (χ0n) is 42.0. The number of hydrogen-bond acceptors (Lipinski definition) is 10. The highest BCUT2D eigenvalue weighted by Crippen LogP contribution is 2.19. The fourth-order valence-corrected chi connectivity index (χ4v) is 7.74. The number of methoxy groups -OCH3 is 1. The molecule has 1 aliphatic rings. The molecule has 0 saturated carbocycles. The minimum absolute atomic E-state index is 0.0531. The molecule has 8 N–H and O–H groups in total. The summed E-state index contributed by atoms with van der Waals surface area (Å²) in [6, 6.07) is 9.64. The van der Waals surface area contributed by atoms with Gasteiger partial charge in [-0.05, 0) is 50.2 Å². The lowest BCUT2D eigenvalue weighted by Gasteiger charge is -2.29. The van der Waals surface area contributed by atoms with Crippen molar-refractivity contribution in [2.75, 3.05) is 14.2 Å². The van der Waals surface area contributed by atoms with Gasteiger partial charge in [0, 0.05) is 32.9 Å². The number of likely N-dealkylation sites (N-methyl/N-ethyl adjacent to an activating group) is 1. The third-order valence-corrected chi connectivity index (χ3v) is 12.3. The first-order chi connectivity index (χ1) is 33.4. The Labute approximate surface area is 415 Å². The van der Waals surface area contributed by atoms with Crippen LogP contribution in [0.2, 0.25) is 0 Å². The summed E-state index contributed by atoms with van der Waals surface area (Å²) in [7, 11) is 2.85. The summed E-state index contributed by atoms with van der Waals surface area (Å²) in [4.78, 5) is 123. The number of carbonyl (C=O) groups is 9. The van der Waals surface area contributed by atoms with Crippen molar-refractivity contribution in [3.05, 3.63) is 108 Å². The van der Waals surface area contributed by atoms with Crippen LogP contribution in [0.3, 0.4) is 0 Å². The molecule has 0 bridgehead atoms. The smallest absolute Gasteiger partial charge is 0.327 e. The van der Waals surface area contributed by atoms with Gasteiger partial charge in [-0.15, -0.1) is 0 Å². The first kappa shape index (κ1) is 58.2. The lowest BCUT2D eigenvalue weighted by atomic mass is 9.94. The molecule has 386 valence electrons. The SMILES string of the molecule is C=C1C(=O)N[C@H](C)C(=O)N[C@@H](Cc2ccccc2)C(=O)N[C@@H](C(=O)O)[C@H](C)C(=O)N[C@@H](CC(C)C)C(=O)N[C@@H](/C=C/C(C)=C/[C@H](C)[C@H](Cc2ccccc2)OC)[C@H](C)C(=O)N[C@@H](C(=O)O)CCC(=O)N1C. The van der Waals surface area contributed by atoms with Gasteiger partial charge in [0.1, 0.15) is 35.9 Å². The van der Waals surface area contributed by atoms with Crippen LogP contribution in [0.5, 0.6) is 0 Å².